The number of aliphatic hydroxyl groups excluding tert-OH is 1. The second-order valence-corrected chi connectivity index (χ2v) is 5.98. The van der Waals surface area contributed by atoms with Crippen LogP contribution in [0.4, 0.5) is 4.39 Å². The molecule has 3 aromatic rings. The number of halogens is 1. The van der Waals surface area contributed by atoms with Gasteiger partial charge in [0.2, 0.25) is 0 Å². The molecule has 3 rings (SSSR count). The Morgan fingerprint density at radius 2 is 1.62 bits per heavy atom. The Balaban J connectivity index is 1.71. The molecule has 1 unspecified atom stereocenters. The SMILES string of the molecule is OC(CSc1ccc(F)cc1)c1ccc2ccccc2c1. The van der Waals surface area contributed by atoms with Gasteiger partial charge in [-0.1, -0.05) is 36.4 Å². The summed E-state index contributed by atoms with van der Waals surface area (Å²) < 4.78 is 12.8. The summed E-state index contributed by atoms with van der Waals surface area (Å²) in [5.41, 5.74) is 0.906. The van der Waals surface area contributed by atoms with Crippen LogP contribution in [0.2, 0.25) is 0 Å². The predicted molar refractivity (Wildman–Crippen MR) is 86.0 cm³/mol. The van der Waals surface area contributed by atoms with Gasteiger partial charge in [0, 0.05) is 10.6 Å². The van der Waals surface area contributed by atoms with Crippen LogP contribution in [-0.4, -0.2) is 10.9 Å². The molecule has 3 aromatic carbocycles. The Bertz CT molecular complexity index is 740. The molecule has 0 saturated heterocycles. The third-order valence-corrected chi connectivity index (χ3v) is 4.47. The summed E-state index contributed by atoms with van der Waals surface area (Å²) in [4.78, 5) is 0.955. The molecule has 0 spiro atoms. The molecular formula is C18H15FOS. The van der Waals surface area contributed by atoms with Crippen LogP contribution in [0.15, 0.2) is 71.6 Å². The lowest BCUT2D eigenvalue weighted by Gasteiger charge is -2.11. The molecule has 0 aliphatic carbocycles. The highest BCUT2D eigenvalue weighted by atomic mass is 32.2. The van der Waals surface area contributed by atoms with Crippen molar-refractivity contribution in [2.24, 2.45) is 0 Å². The fourth-order valence-electron chi connectivity index (χ4n) is 2.22. The largest absolute Gasteiger partial charge is 0.388 e. The minimum absolute atomic E-state index is 0.241. The maximum absolute atomic E-state index is 12.8. The lowest BCUT2D eigenvalue weighted by atomic mass is 10.0. The van der Waals surface area contributed by atoms with Crippen molar-refractivity contribution in [2.45, 2.75) is 11.0 Å². The number of fused-ring (bicyclic) bond motifs is 1. The standard InChI is InChI=1S/C18H15FOS/c19-16-7-9-17(10-8-16)21-12-18(20)15-6-5-13-3-1-2-4-14(13)11-15/h1-11,18,20H,12H2. The van der Waals surface area contributed by atoms with Crippen molar-refractivity contribution >= 4 is 22.5 Å². The van der Waals surface area contributed by atoms with Gasteiger partial charge in [-0.15, -0.1) is 11.8 Å². The topological polar surface area (TPSA) is 20.2 Å². The average Bonchev–Trinajstić information content (AvgIpc) is 2.53. The van der Waals surface area contributed by atoms with Crippen molar-refractivity contribution in [1.82, 2.24) is 0 Å². The molecule has 0 aliphatic rings. The van der Waals surface area contributed by atoms with Crippen molar-refractivity contribution in [3.63, 3.8) is 0 Å². The number of rotatable bonds is 4. The molecule has 0 aliphatic heterocycles. The molecule has 0 fully saturated rings. The second-order valence-electron chi connectivity index (χ2n) is 4.89. The highest BCUT2D eigenvalue weighted by Gasteiger charge is 2.09. The summed E-state index contributed by atoms with van der Waals surface area (Å²) in [7, 11) is 0. The van der Waals surface area contributed by atoms with Gasteiger partial charge in [0.05, 0.1) is 6.10 Å². The van der Waals surface area contributed by atoms with Gasteiger partial charge in [-0.3, -0.25) is 0 Å². The Kier molecular flexibility index (Phi) is 4.23. The minimum atomic E-state index is -0.537. The van der Waals surface area contributed by atoms with E-state index >= 15 is 0 Å². The van der Waals surface area contributed by atoms with Crippen LogP contribution in [0, 0.1) is 5.82 Å². The summed E-state index contributed by atoms with van der Waals surface area (Å²) in [6, 6.07) is 20.4. The van der Waals surface area contributed by atoms with Gasteiger partial charge in [0.25, 0.3) is 0 Å². The van der Waals surface area contributed by atoms with E-state index in [4.69, 9.17) is 0 Å². The van der Waals surface area contributed by atoms with Crippen LogP contribution < -0.4 is 0 Å². The van der Waals surface area contributed by atoms with Crippen LogP contribution in [0.3, 0.4) is 0 Å². The van der Waals surface area contributed by atoms with Crippen molar-refractivity contribution in [2.75, 3.05) is 5.75 Å². The van der Waals surface area contributed by atoms with E-state index in [1.807, 2.05) is 36.4 Å². The highest BCUT2D eigenvalue weighted by molar-refractivity contribution is 7.99. The molecule has 1 atom stereocenters. The Morgan fingerprint density at radius 3 is 2.38 bits per heavy atom. The molecule has 3 heteroatoms. The average molecular weight is 298 g/mol. The first kappa shape index (κ1) is 14.1. The van der Waals surface area contributed by atoms with Crippen molar-refractivity contribution in [1.29, 1.82) is 0 Å². The summed E-state index contributed by atoms with van der Waals surface area (Å²) >= 11 is 1.52. The van der Waals surface area contributed by atoms with Gasteiger partial charge in [-0.2, -0.15) is 0 Å². The van der Waals surface area contributed by atoms with Gasteiger partial charge in [0.15, 0.2) is 0 Å². The summed E-state index contributed by atoms with van der Waals surface area (Å²) in [6.07, 6.45) is -0.537. The molecule has 106 valence electrons. The summed E-state index contributed by atoms with van der Waals surface area (Å²) in [5.74, 6) is 0.304. The first-order chi connectivity index (χ1) is 10.2. The molecule has 0 saturated carbocycles. The van der Waals surface area contributed by atoms with Crippen molar-refractivity contribution in [3.8, 4) is 0 Å². The van der Waals surface area contributed by atoms with E-state index in [-0.39, 0.29) is 5.82 Å². The Labute approximate surface area is 127 Å². The van der Waals surface area contributed by atoms with Gasteiger partial charge < -0.3 is 5.11 Å². The van der Waals surface area contributed by atoms with E-state index in [9.17, 15) is 9.50 Å². The maximum atomic E-state index is 12.8. The van der Waals surface area contributed by atoms with Crippen LogP contribution in [0.25, 0.3) is 10.8 Å². The maximum Gasteiger partial charge on any atom is 0.123 e. The highest BCUT2D eigenvalue weighted by Crippen LogP contribution is 2.26. The smallest absolute Gasteiger partial charge is 0.123 e. The van der Waals surface area contributed by atoms with Crippen LogP contribution >= 0.6 is 11.8 Å². The number of thioether (sulfide) groups is 1. The molecule has 1 N–H and O–H groups in total. The van der Waals surface area contributed by atoms with E-state index in [0.29, 0.717) is 5.75 Å². The predicted octanol–water partition coefficient (Wildman–Crippen LogP) is 4.80. The fourth-order valence-corrected chi connectivity index (χ4v) is 3.09. The van der Waals surface area contributed by atoms with Crippen LogP contribution in [0.1, 0.15) is 11.7 Å². The molecule has 21 heavy (non-hydrogen) atoms. The third kappa shape index (κ3) is 3.43. The third-order valence-electron chi connectivity index (χ3n) is 3.38. The molecule has 1 nitrogen and oxygen atoms in total. The zero-order chi connectivity index (χ0) is 14.7. The first-order valence-electron chi connectivity index (χ1n) is 6.77. The Morgan fingerprint density at radius 1 is 0.905 bits per heavy atom. The first-order valence-corrected chi connectivity index (χ1v) is 7.76. The van der Waals surface area contributed by atoms with Crippen LogP contribution in [0.5, 0.6) is 0 Å². The Hall–Kier alpha value is -1.84. The van der Waals surface area contributed by atoms with Gasteiger partial charge >= 0.3 is 0 Å². The fraction of sp³-hybridized carbons (Fsp3) is 0.111. The van der Waals surface area contributed by atoms with Gasteiger partial charge in [-0.05, 0) is 46.7 Å². The second kappa shape index (κ2) is 6.29. The molecule has 0 bridgehead atoms. The van der Waals surface area contributed by atoms with Crippen LogP contribution in [-0.2, 0) is 0 Å². The van der Waals surface area contributed by atoms with E-state index in [1.54, 1.807) is 12.1 Å². The number of hydrogen-bond acceptors (Lipinski definition) is 2. The molecule has 0 amide bonds. The normalized spacial score (nSPS) is 12.5. The number of benzene rings is 3. The number of aliphatic hydroxyl groups is 1. The summed E-state index contributed by atoms with van der Waals surface area (Å²) in [6.45, 7) is 0. The van der Waals surface area contributed by atoms with Crippen molar-refractivity contribution < 1.29 is 9.50 Å². The molecule has 0 aromatic heterocycles. The summed E-state index contributed by atoms with van der Waals surface area (Å²) in [5, 5.41) is 12.6. The molecular weight excluding hydrogens is 283 g/mol. The quantitative estimate of drug-likeness (QED) is 0.698. The number of hydrogen-bond donors (Lipinski definition) is 1. The monoisotopic (exact) mass is 298 g/mol. The van der Waals surface area contributed by atoms with E-state index in [2.05, 4.69) is 6.07 Å². The van der Waals surface area contributed by atoms with E-state index in [1.165, 1.54) is 29.3 Å². The van der Waals surface area contributed by atoms with E-state index in [0.717, 1.165) is 15.8 Å². The minimum Gasteiger partial charge on any atom is -0.388 e. The zero-order valence-corrected chi connectivity index (χ0v) is 12.2. The van der Waals surface area contributed by atoms with Gasteiger partial charge in [-0.25, -0.2) is 4.39 Å². The lowest BCUT2D eigenvalue weighted by molar-refractivity contribution is 0.204. The van der Waals surface area contributed by atoms with Crippen molar-refractivity contribution in [3.05, 3.63) is 78.1 Å². The molecule has 0 radical (unpaired) electrons. The van der Waals surface area contributed by atoms with Gasteiger partial charge in [0.1, 0.15) is 5.82 Å². The zero-order valence-electron chi connectivity index (χ0n) is 11.4. The van der Waals surface area contributed by atoms with E-state index < -0.39 is 6.10 Å². The lowest BCUT2D eigenvalue weighted by Crippen LogP contribution is -2.00. The molecule has 0 heterocycles.